The summed E-state index contributed by atoms with van der Waals surface area (Å²) in [5.41, 5.74) is 3.58. The molecule has 1 unspecified atom stereocenters. The molecule has 2 amide bonds. The second kappa shape index (κ2) is 10.1. The van der Waals surface area contributed by atoms with Gasteiger partial charge in [0.25, 0.3) is 0 Å². The van der Waals surface area contributed by atoms with E-state index in [9.17, 15) is 10.1 Å². The highest BCUT2D eigenvalue weighted by Crippen LogP contribution is 2.34. The molecule has 1 fully saturated rings. The zero-order chi connectivity index (χ0) is 24.2. The van der Waals surface area contributed by atoms with Gasteiger partial charge in [-0.25, -0.2) is 4.79 Å². The highest BCUT2D eigenvalue weighted by atomic mass is 16.5. The molecule has 0 aliphatic carbocycles. The number of carbonyl (C=O) groups excluding carboxylic acids is 1. The number of piperidine rings is 1. The van der Waals surface area contributed by atoms with Gasteiger partial charge in [0.15, 0.2) is 11.5 Å². The minimum Gasteiger partial charge on any atom is -0.493 e. The van der Waals surface area contributed by atoms with Gasteiger partial charge in [0.1, 0.15) is 6.23 Å². The van der Waals surface area contributed by atoms with Crippen molar-refractivity contribution in [2.75, 3.05) is 39.6 Å². The molecule has 8 nitrogen and oxygen atoms in total. The van der Waals surface area contributed by atoms with Crippen molar-refractivity contribution in [3.63, 3.8) is 0 Å². The number of anilines is 1. The summed E-state index contributed by atoms with van der Waals surface area (Å²) >= 11 is 0. The van der Waals surface area contributed by atoms with Crippen LogP contribution in [-0.4, -0.2) is 61.3 Å². The third-order valence-electron chi connectivity index (χ3n) is 6.50. The lowest BCUT2D eigenvalue weighted by atomic mass is 9.89. The fraction of sp³-hybridized carbons (Fsp3) is 0.385. The summed E-state index contributed by atoms with van der Waals surface area (Å²) < 4.78 is 11.4. The molecule has 2 heterocycles. The molecule has 2 aromatic carbocycles. The highest BCUT2D eigenvalue weighted by Gasteiger charge is 2.26. The average molecular weight is 462 g/mol. The van der Waals surface area contributed by atoms with Crippen LogP contribution in [-0.2, 0) is 0 Å². The molecule has 178 valence electrons. The van der Waals surface area contributed by atoms with Gasteiger partial charge in [-0.1, -0.05) is 0 Å². The number of methoxy groups -OCH3 is 1. The molecule has 34 heavy (non-hydrogen) atoms. The van der Waals surface area contributed by atoms with Gasteiger partial charge < -0.3 is 24.7 Å². The van der Waals surface area contributed by atoms with E-state index in [0.29, 0.717) is 41.8 Å². The SMILES string of the molecule is COc1ccc(NC(=O)N2CCC(c3c[nH]c4ccc(C#N)cc34)CC2)cc1OC(C)N(C)C. The Bertz CT molecular complexity index is 1200. The Labute approximate surface area is 200 Å². The number of amides is 2. The molecule has 0 spiro atoms. The summed E-state index contributed by atoms with van der Waals surface area (Å²) in [6.07, 6.45) is 3.63. The smallest absolute Gasteiger partial charge is 0.321 e. The Morgan fingerprint density at radius 3 is 2.65 bits per heavy atom. The minimum absolute atomic E-state index is 0.124. The lowest BCUT2D eigenvalue weighted by molar-refractivity contribution is 0.0785. The summed E-state index contributed by atoms with van der Waals surface area (Å²) in [7, 11) is 5.47. The van der Waals surface area contributed by atoms with Crippen LogP contribution in [0.15, 0.2) is 42.6 Å². The van der Waals surface area contributed by atoms with Crippen molar-refractivity contribution in [1.82, 2.24) is 14.8 Å². The van der Waals surface area contributed by atoms with Crippen molar-refractivity contribution in [3.8, 4) is 17.6 Å². The Hall–Kier alpha value is -3.70. The number of hydrogen-bond acceptors (Lipinski definition) is 5. The van der Waals surface area contributed by atoms with Gasteiger partial charge in [-0.3, -0.25) is 4.90 Å². The van der Waals surface area contributed by atoms with E-state index in [1.807, 2.05) is 61.3 Å². The Kier molecular flexibility index (Phi) is 6.94. The van der Waals surface area contributed by atoms with Crippen LogP contribution in [0.2, 0.25) is 0 Å². The largest absolute Gasteiger partial charge is 0.493 e. The normalized spacial score (nSPS) is 15.2. The number of fused-ring (bicyclic) bond motifs is 1. The van der Waals surface area contributed by atoms with Crippen LogP contribution >= 0.6 is 0 Å². The zero-order valence-corrected chi connectivity index (χ0v) is 20.1. The molecule has 1 saturated heterocycles. The van der Waals surface area contributed by atoms with Crippen molar-refractivity contribution in [2.45, 2.75) is 31.9 Å². The van der Waals surface area contributed by atoms with Crippen LogP contribution < -0.4 is 14.8 Å². The fourth-order valence-corrected chi connectivity index (χ4v) is 4.28. The molecule has 8 heteroatoms. The first-order valence-corrected chi connectivity index (χ1v) is 11.5. The first-order valence-electron chi connectivity index (χ1n) is 11.5. The van der Waals surface area contributed by atoms with Gasteiger partial charge in [0.2, 0.25) is 0 Å². The summed E-state index contributed by atoms with van der Waals surface area (Å²) in [5, 5.41) is 13.3. The summed E-state index contributed by atoms with van der Waals surface area (Å²) in [6.45, 7) is 3.28. The number of aromatic nitrogens is 1. The van der Waals surface area contributed by atoms with Crippen molar-refractivity contribution >= 4 is 22.6 Å². The second-order valence-corrected chi connectivity index (χ2v) is 8.85. The number of hydrogen-bond donors (Lipinski definition) is 2. The van der Waals surface area contributed by atoms with E-state index >= 15 is 0 Å². The van der Waals surface area contributed by atoms with E-state index in [1.54, 1.807) is 19.2 Å². The second-order valence-electron chi connectivity index (χ2n) is 8.85. The number of aromatic amines is 1. The molecular weight excluding hydrogens is 430 g/mol. The molecule has 1 atom stereocenters. The predicted molar refractivity (Wildman–Crippen MR) is 132 cm³/mol. The zero-order valence-electron chi connectivity index (χ0n) is 20.1. The van der Waals surface area contributed by atoms with Crippen LogP contribution in [0, 0.1) is 11.3 Å². The number of urea groups is 1. The lowest BCUT2D eigenvalue weighted by Gasteiger charge is -2.32. The minimum atomic E-state index is -0.146. The third kappa shape index (κ3) is 4.95. The molecule has 0 bridgehead atoms. The van der Waals surface area contributed by atoms with Gasteiger partial charge in [-0.15, -0.1) is 0 Å². The van der Waals surface area contributed by atoms with Gasteiger partial charge >= 0.3 is 6.03 Å². The van der Waals surface area contributed by atoms with E-state index in [4.69, 9.17) is 9.47 Å². The van der Waals surface area contributed by atoms with Gasteiger partial charge in [-0.05, 0) is 75.7 Å². The number of likely N-dealkylation sites (tertiary alicyclic amines) is 1. The molecule has 1 aliphatic heterocycles. The third-order valence-corrected chi connectivity index (χ3v) is 6.50. The average Bonchev–Trinajstić information content (AvgIpc) is 3.27. The first-order chi connectivity index (χ1) is 16.4. The van der Waals surface area contributed by atoms with Crippen molar-refractivity contribution in [2.24, 2.45) is 0 Å². The van der Waals surface area contributed by atoms with Gasteiger partial charge in [0, 0.05) is 41.9 Å². The Morgan fingerprint density at radius 2 is 1.97 bits per heavy atom. The molecule has 1 aromatic heterocycles. The molecule has 3 aromatic rings. The maximum absolute atomic E-state index is 12.9. The molecule has 0 saturated carbocycles. The standard InChI is InChI=1S/C26H31N5O3/c1-17(30(2)3)34-25-14-20(6-8-24(25)33-4)29-26(32)31-11-9-19(10-12-31)22-16-28-23-7-5-18(15-27)13-21(22)23/h5-8,13-14,16-17,19,28H,9-12H2,1-4H3,(H,29,32). The fourth-order valence-electron chi connectivity index (χ4n) is 4.28. The maximum atomic E-state index is 12.9. The molecule has 2 N–H and O–H groups in total. The van der Waals surface area contributed by atoms with Crippen LogP contribution in [0.5, 0.6) is 11.5 Å². The van der Waals surface area contributed by atoms with Crippen molar-refractivity contribution < 1.29 is 14.3 Å². The highest BCUT2D eigenvalue weighted by molar-refractivity contribution is 5.90. The monoisotopic (exact) mass is 461 g/mol. The number of rotatable bonds is 6. The predicted octanol–water partition coefficient (Wildman–Crippen LogP) is 4.75. The van der Waals surface area contributed by atoms with Gasteiger partial charge in [0.05, 0.1) is 18.7 Å². The van der Waals surface area contributed by atoms with Crippen LogP contribution in [0.1, 0.15) is 36.8 Å². The molecule has 4 rings (SSSR count). The molecular formula is C26H31N5O3. The molecule has 0 radical (unpaired) electrons. The van der Waals surface area contributed by atoms with Crippen molar-refractivity contribution in [3.05, 3.63) is 53.7 Å². The first kappa shape index (κ1) is 23.5. The molecule has 1 aliphatic rings. The number of H-pyrrole nitrogens is 1. The Morgan fingerprint density at radius 1 is 1.21 bits per heavy atom. The topological polar surface area (TPSA) is 93.6 Å². The van der Waals surface area contributed by atoms with E-state index < -0.39 is 0 Å². The summed E-state index contributed by atoms with van der Waals surface area (Å²) in [6, 6.07) is 13.2. The van der Waals surface area contributed by atoms with E-state index in [2.05, 4.69) is 16.4 Å². The van der Waals surface area contributed by atoms with E-state index in [1.165, 1.54) is 5.56 Å². The number of nitrogens with zero attached hydrogens (tertiary/aromatic N) is 3. The van der Waals surface area contributed by atoms with Crippen molar-refractivity contribution in [1.29, 1.82) is 5.26 Å². The van der Waals surface area contributed by atoms with E-state index in [0.717, 1.165) is 23.7 Å². The number of nitrogens with one attached hydrogen (secondary N) is 2. The lowest BCUT2D eigenvalue weighted by Crippen LogP contribution is -2.40. The maximum Gasteiger partial charge on any atom is 0.321 e. The number of benzene rings is 2. The van der Waals surface area contributed by atoms with Crippen LogP contribution in [0.25, 0.3) is 10.9 Å². The van der Waals surface area contributed by atoms with Crippen LogP contribution in [0.4, 0.5) is 10.5 Å². The quantitative estimate of drug-likeness (QED) is 0.517. The number of nitriles is 1. The summed E-state index contributed by atoms with van der Waals surface area (Å²) in [4.78, 5) is 20.1. The van der Waals surface area contributed by atoms with Gasteiger partial charge in [-0.2, -0.15) is 5.26 Å². The van der Waals surface area contributed by atoms with E-state index in [-0.39, 0.29) is 12.3 Å². The Balaban J connectivity index is 1.40. The van der Waals surface area contributed by atoms with Crippen LogP contribution in [0.3, 0.4) is 0 Å². The number of ether oxygens (including phenoxy) is 2. The number of carbonyl (C=O) groups is 1. The summed E-state index contributed by atoms with van der Waals surface area (Å²) in [5.74, 6) is 1.54.